The third-order valence-corrected chi connectivity index (χ3v) is 14.9. The number of benzene rings is 7. The van der Waals surface area contributed by atoms with E-state index >= 15 is 4.57 Å². The second kappa shape index (κ2) is 11.7. The van der Waals surface area contributed by atoms with E-state index in [1.807, 2.05) is 36.4 Å². The van der Waals surface area contributed by atoms with E-state index in [-0.39, 0.29) is 16.7 Å². The van der Waals surface area contributed by atoms with Crippen molar-refractivity contribution in [2.75, 3.05) is 0 Å². The maximum atomic E-state index is 15.6. The molecule has 0 amide bonds. The molecule has 1 aliphatic heterocycles. The van der Waals surface area contributed by atoms with Crippen LogP contribution >= 0.6 is 7.14 Å². The van der Waals surface area contributed by atoms with Gasteiger partial charge < -0.3 is 4.57 Å². The zero-order valence-corrected chi connectivity index (χ0v) is 30.5. The highest BCUT2D eigenvalue weighted by Gasteiger charge is 2.45. The molecule has 0 spiro atoms. The Balaban J connectivity index is 1.12. The second-order valence-electron chi connectivity index (χ2n) is 15.3. The topological polar surface area (TPSA) is 17.1 Å². The fourth-order valence-electron chi connectivity index (χ4n) is 8.99. The maximum absolute atomic E-state index is 15.6. The predicted octanol–water partition coefficient (Wildman–Crippen LogP) is 11.1. The summed E-state index contributed by atoms with van der Waals surface area (Å²) < 4.78 is 15.6. The minimum atomic E-state index is -3.11. The molecule has 2 heteroatoms. The lowest BCUT2D eigenvalue weighted by Gasteiger charge is -2.40. The molecular weight excluding hydrogens is 636 g/mol. The summed E-state index contributed by atoms with van der Waals surface area (Å²) >= 11 is 0. The van der Waals surface area contributed by atoms with Gasteiger partial charge in [-0.15, -0.1) is 0 Å². The summed E-state index contributed by atoms with van der Waals surface area (Å²) in [5.41, 5.74) is 13.4. The summed E-state index contributed by atoms with van der Waals surface area (Å²) in [6.07, 6.45) is 0. The molecule has 0 radical (unpaired) electrons. The monoisotopic (exact) mass is 676 g/mol. The summed E-state index contributed by atoms with van der Waals surface area (Å²) in [7, 11) is -3.11. The van der Waals surface area contributed by atoms with Crippen LogP contribution in [0.2, 0.25) is 0 Å². The normalized spacial score (nSPS) is 19.3. The number of rotatable bonds is 4. The first-order chi connectivity index (χ1) is 24.7. The van der Waals surface area contributed by atoms with Gasteiger partial charge in [0.15, 0.2) is 7.14 Å². The van der Waals surface area contributed by atoms with Gasteiger partial charge in [-0.3, -0.25) is 0 Å². The highest BCUT2D eigenvalue weighted by Crippen LogP contribution is 2.53. The lowest BCUT2D eigenvalue weighted by molar-refractivity contribution is 0.586. The SMILES string of the molecule is CC1(C)c2ccccc2C(c2ccccc2)c2ccc(-c3ccc(-c4ccc5c(c4)P(=O)(c4ccccc4)c4ccccc4C5(C)C)cc3)cc21. The Morgan fingerprint density at radius 2 is 0.902 bits per heavy atom. The Morgan fingerprint density at radius 1 is 0.412 bits per heavy atom. The Kier molecular flexibility index (Phi) is 7.25. The number of hydrogen-bond acceptors (Lipinski definition) is 1. The molecule has 1 aliphatic carbocycles. The average molecular weight is 677 g/mol. The molecule has 7 aromatic rings. The van der Waals surface area contributed by atoms with Gasteiger partial charge in [0.05, 0.1) is 0 Å². The summed E-state index contributed by atoms with van der Waals surface area (Å²) in [6.45, 7) is 9.24. The third kappa shape index (κ3) is 4.79. The van der Waals surface area contributed by atoms with Crippen LogP contribution in [0.4, 0.5) is 0 Å². The minimum Gasteiger partial charge on any atom is -0.309 e. The van der Waals surface area contributed by atoms with Crippen molar-refractivity contribution in [1.82, 2.24) is 0 Å². The zero-order valence-electron chi connectivity index (χ0n) is 29.6. The van der Waals surface area contributed by atoms with Gasteiger partial charge >= 0.3 is 0 Å². The molecule has 248 valence electrons. The Morgan fingerprint density at radius 3 is 1.61 bits per heavy atom. The quantitative estimate of drug-likeness (QED) is 0.170. The average Bonchev–Trinajstić information content (AvgIpc) is 3.18. The number of hydrogen-bond donors (Lipinski definition) is 0. The maximum Gasteiger partial charge on any atom is 0.171 e. The van der Waals surface area contributed by atoms with Crippen molar-refractivity contribution < 1.29 is 4.57 Å². The predicted molar refractivity (Wildman–Crippen MR) is 215 cm³/mol. The van der Waals surface area contributed by atoms with Gasteiger partial charge in [-0.05, 0) is 73.3 Å². The first kappa shape index (κ1) is 31.7. The van der Waals surface area contributed by atoms with Crippen LogP contribution in [-0.2, 0) is 15.4 Å². The van der Waals surface area contributed by atoms with Gasteiger partial charge in [0.25, 0.3) is 0 Å². The lowest BCUT2D eigenvalue weighted by atomic mass is 9.63. The van der Waals surface area contributed by atoms with Gasteiger partial charge in [-0.2, -0.15) is 0 Å². The fourth-order valence-corrected chi connectivity index (χ4v) is 12.4. The van der Waals surface area contributed by atoms with E-state index < -0.39 is 7.14 Å². The summed E-state index contributed by atoms with van der Waals surface area (Å²) in [5, 5.41) is 2.78. The summed E-state index contributed by atoms with van der Waals surface area (Å²) in [6, 6.07) is 60.9. The van der Waals surface area contributed by atoms with Crippen molar-refractivity contribution in [3.63, 3.8) is 0 Å². The molecule has 2 atom stereocenters. The molecule has 1 heterocycles. The largest absolute Gasteiger partial charge is 0.309 e. The van der Waals surface area contributed by atoms with Crippen LogP contribution in [0.15, 0.2) is 170 Å². The number of fused-ring (bicyclic) bond motifs is 4. The molecule has 7 aromatic carbocycles. The molecule has 0 saturated carbocycles. The van der Waals surface area contributed by atoms with Crippen molar-refractivity contribution in [2.24, 2.45) is 0 Å². The second-order valence-corrected chi connectivity index (χ2v) is 18.0. The van der Waals surface area contributed by atoms with E-state index in [4.69, 9.17) is 0 Å². The van der Waals surface area contributed by atoms with Crippen LogP contribution in [-0.4, -0.2) is 0 Å². The van der Waals surface area contributed by atoms with E-state index in [0.717, 1.165) is 38.2 Å². The summed E-state index contributed by atoms with van der Waals surface area (Å²) in [4.78, 5) is 0. The molecule has 0 fully saturated rings. The van der Waals surface area contributed by atoms with Crippen molar-refractivity contribution in [1.29, 1.82) is 0 Å². The van der Waals surface area contributed by atoms with Gasteiger partial charge in [0.1, 0.15) is 0 Å². The molecule has 51 heavy (non-hydrogen) atoms. The molecular formula is C49H41OP. The Labute approximate surface area is 302 Å². The van der Waals surface area contributed by atoms with Crippen LogP contribution < -0.4 is 15.9 Å². The molecule has 0 bridgehead atoms. The van der Waals surface area contributed by atoms with E-state index in [1.54, 1.807) is 0 Å². The molecule has 1 nitrogen and oxygen atoms in total. The van der Waals surface area contributed by atoms with Gasteiger partial charge in [-0.1, -0.05) is 185 Å². The lowest BCUT2D eigenvalue weighted by Crippen LogP contribution is -2.42. The first-order valence-corrected chi connectivity index (χ1v) is 19.7. The van der Waals surface area contributed by atoms with E-state index in [1.165, 1.54) is 38.9 Å². The molecule has 0 saturated heterocycles. The Hall–Kier alpha value is -5.23. The third-order valence-electron chi connectivity index (χ3n) is 11.7. The Bertz CT molecular complexity index is 2490. The molecule has 9 rings (SSSR count). The standard InChI is InChI=1S/C49H41OP/c1-48(2)41-20-12-11-19-39(41)47(35-15-7-5-8-16-35)40-29-27-36(31-44(40)48)33-23-25-34(26-24-33)37-28-30-43-46(32-37)51(50,38-17-9-6-10-18-38)45-22-14-13-21-42(45)49(43,3)4/h5-32,47H,1-4H3. The van der Waals surface area contributed by atoms with Crippen molar-refractivity contribution in [3.8, 4) is 22.3 Å². The fraction of sp³-hybridized carbons (Fsp3) is 0.143. The van der Waals surface area contributed by atoms with Gasteiger partial charge in [-0.25, -0.2) is 0 Å². The molecule has 0 aromatic heterocycles. The van der Waals surface area contributed by atoms with Crippen molar-refractivity contribution in [3.05, 3.63) is 209 Å². The van der Waals surface area contributed by atoms with Crippen molar-refractivity contribution >= 4 is 23.1 Å². The highest BCUT2D eigenvalue weighted by molar-refractivity contribution is 7.85. The zero-order chi connectivity index (χ0) is 35.0. The summed E-state index contributed by atoms with van der Waals surface area (Å²) in [5.74, 6) is 0.203. The first-order valence-electron chi connectivity index (χ1n) is 18.0. The highest BCUT2D eigenvalue weighted by atomic mass is 31.2. The van der Waals surface area contributed by atoms with E-state index in [0.29, 0.717) is 0 Å². The van der Waals surface area contributed by atoms with Gasteiger partial charge in [0, 0.05) is 32.7 Å². The molecule has 2 aliphatic rings. The van der Waals surface area contributed by atoms with Crippen LogP contribution in [0, 0.1) is 0 Å². The van der Waals surface area contributed by atoms with Crippen LogP contribution in [0.3, 0.4) is 0 Å². The molecule has 2 unspecified atom stereocenters. The van der Waals surface area contributed by atoms with E-state index in [9.17, 15) is 0 Å². The van der Waals surface area contributed by atoms with Crippen LogP contribution in [0.25, 0.3) is 22.3 Å². The van der Waals surface area contributed by atoms with E-state index in [2.05, 4.69) is 161 Å². The van der Waals surface area contributed by atoms with Gasteiger partial charge in [0.2, 0.25) is 0 Å². The minimum absolute atomic E-state index is 0.130. The van der Waals surface area contributed by atoms with Crippen LogP contribution in [0.5, 0.6) is 0 Å². The molecule has 0 N–H and O–H groups in total. The van der Waals surface area contributed by atoms with Crippen molar-refractivity contribution in [2.45, 2.75) is 44.4 Å². The van der Waals surface area contributed by atoms with Crippen LogP contribution in [0.1, 0.15) is 72.6 Å². The smallest absolute Gasteiger partial charge is 0.171 e.